The second-order valence-corrected chi connectivity index (χ2v) is 7.20. The Kier molecular flexibility index (Phi) is 4.65. The summed E-state index contributed by atoms with van der Waals surface area (Å²) in [4.78, 5) is 21.9. The fraction of sp³-hybridized carbons (Fsp3) is 0.474. The zero-order valence-electron chi connectivity index (χ0n) is 15.9. The molecule has 1 amide bonds. The number of amides is 1. The van der Waals surface area contributed by atoms with Crippen LogP contribution in [0.5, 0.6) is 0 Å². The molecule has 0 spiro atoms. The number of fused-ring (bicyclic) bond motifs is 1. The fourth-order valence-electron chi connectivity index (χ4n) is 3.54. The number of aromatic nitrogens is 5. The minimum atomic E-state index is -0.264. The summed E-state index contributed by atoms with van der Waals surface area (Å²) in [7, 11) is 0. The molecule has 1 aliphatic heterocycles. The summed E-state index contributed by atoms with van der Waals surface area (Å²) < 4.78 is 7.70. The van der Waals surface area contributed by atoms with Gasteiger partial charge in [0.25, 0.3) is 5.91 Å². The maximum Gasteiger partial charge on any atom is 0.275 e. The number of carbonyl (C=O) groups is 1. The molecule has 1 aliphatic rings. The molecule has 0 bridgehead atoms. The van der Waals surface area contributed by atoms with Gasteiger partial charge in [-0.2, -0.15) is 5.10 Å². The van der Waals surface area contributed by atoms with Crippen molar-refractivity contribution < 1.29 is 9.53 Å². The molecule has 0 atom stereocenters. The van der Waals surface area contributed by atoms with Crippen LogP contribution in [-0.2, 0) is 11.3 Å². The van der Waals surface area contributed by atoms with Gasteiger partial charge in [0, 0.05) is 25.5 Å². The normalized spacial score (nSPS) is 15.4. The Bertz CT molecular complexity index is 984. The van der Waals surface area contributed by atoms with Gasteiger partial charge in [0.2, 0.25) is 0 Å². The monoisotopic (exact) mass is 368 g/mol. The molecule has 1 fully saturated rings. The highest BCUT2D eigenvalue weighted by Crippen LogP contribution is 2.24. The van der Waals surface area contributed by atoms with Crippen molar-refractivity contribution in [2.45, 2.75) is 40.2 Å². The van der Waals surface area contributed by atoms with Crippen molar-refractivity contribution in [3.8, 4) is 0 Å². The molecule has 4 heterocycles. The van der Waals surface area contributed by atoms with E-state index in [2.05, 4.69) is 32.0 Å². The van der Waals surface area contributed by atoms with E-state index in [4.69, 9.17) is 9.72 Å². The summed E-state index contributed by atoms with van der Waals surface area (Å²) >= 11 is 0. The van der Waals surface area contributed by atoms with E-state index >= 15 is 0 Å². The molecule has 0 unspecified atom stereocenters. The van der Waals surface area contributed by atoms with Gasteiger partial charge < -0.3 is 14.6 Å². The maximum atomic E-state index is 12.5. The number of hydrogen-bond acceptors (Lipinski definition) is 5. The van der Waals surface area contributed by atoms with Crippen LogP contribution in [0.2, 0.25) is 0 Å². The van der Waals surface area contributed by atoms with Crippen molar-refractivity contribution >= 4 is 22.9 Å². The van der Waals surface area contributed by atoms with Crippen LogP contribution >= 0.6 is 0 Å². The van der Waals surface area contributed by atoms with Crippen molar-refractivity contribution in [3.63, 3.8) is 0 Å². The number of nitrogens with one attached hydrogen (secondary N) is 2. The zero-order chi connectivity index (χ0) is 19.0. The third-order valence-electron chi connectivity index (χ3n) is 5.17. The lowest BCUT2D eigenvalue weighted by molar-refractivity contribution is 0.0614. The third kappa shape index (κ3) is 3.44. The first kappa shape index (κ1) is 17.7. The molecular weight excluding hydrogens is 344 g/mol. The van der Waals surface area contributed by atoms with Crippen LogP contribution in [0.1, 0.15) is 40.3 Å². The van der Waals surface area contributed by atoms with Crippen molar-refractivity contribution in [2.75, 3.05) is 18.5 Å². The smallest absolute Gasteiger partial charge is 0.275 e. The number of aromatic amines is 1. The van der Waals surface area contributed by atoms with E-state index in [1.54, 1.807) is 6.20 Å². The number of carbonyl (C=O) groups excluding carboxylic acids is 1. The Morgan fingerprint density at radius 2 is 2.07 bits per heavy atom. The summed E-state index contributed by atoms with van der Waals surface area (Å²) in [5, 5.41) is 9.46. The van der Waals surface area contributed by atoms with Gasteiger partial charge in [-0.3, -0.25) is 9.89 Å². The second kappa shape index (κ2) is 7.11. The third-order valence-corrected chi connectivity index (χ3v) is 5.17. The number of rotatable bonds is 4. The van der Waals surface area contributed by atoms with E-state index in [9.17, 15) is 4.79 Å². The highest BCUT2D eigenvalue weighted by atomic mass is 16.5. The van der Waals surface area contributed by atoms with E-state index in [0.29, 0.717) is 23.1 Å². The average molecular weight is 368 g/mol. The van der Waals surface area contributed by atoms with Crippen LogP contribution in [0, 0.1) is 26.7 Å². The molecule has 4 rings (SSSR count). The first-order chi connectivity index (χ1) is 13.0. The van der Waals surface area contributed by atoms with Gasteiger partial charge in [-0.1, -0.05) is 0 Å². The first-order valence-corrected chi connectivity index (χ1v) is 9.26. The summed E-state index contributed by atoms with van der Waals surface area (Å²) in [6, 6.07) is 2.03. The van der Waals surface area contributed by atoms with Gasteiger partial charge in [0.05, 0.1) is 11.9 Å². The summed E-state index contributed by atoms with van der Waals surface area (Å²) in [5.74, 6) is 0.808. The van der Waals surface area contributed by atoms with Crippen LogP contribution < -0.4 is 5.32 Å². The number of ether oxygens (including phenoxy) is 1. The Morgan fingerprint density at radius 3 is 2.78 bits per heavy atom. The molecule has 27 heavy (non-hydrogen) atoms. The van der Waals surface area contributed by atoms with Gasteiger partial charge in [0.1, 0.15) is 11.2 Å². The summed E-state index contributed by atoms with van der Waals surface area (Å²) in [6.45, 7) is 8.35. The van der Waals surface area contributed by atoms with Crippen LogP contribution in [0.4, 0.5) is 5.82 Å². The lowest BCUT2D eigenvalue weighted by Gasteiger charge is -2.23. The predicted octanol–water partition coefficient (Wildman–Crippen LogP) is 2.76. The number of hydrogen-bond donors (Lipinski definition) is 2. The Hall–Kier alpha value is -2.74. The molecule has 0 saturated carbocycles. The quantitative estimate of drug-likeness (QED) is 0.738. The molecule has 8 nitrogen and oxygen atoms in total. The molecule has 0 aliphatic carbocycles. The van der Waals surface area contributed by atoms with Gasteiger partial charge in [-0.15, -0.1) is 0 Å². The van der Waals surface area contributed by atoms with E-state index in [0.717, 1.165) is 55.0 Å². The highest BCUT2D eigenvalue weighted by molar-refractivity contribution is 6.03. The largest absolute Gasteiger partial charge is 0.381 e. The van der Waals surface area contributed by atoms with Crippen molar-refractivity contribution in [1.29, 1.82) is 0 Å². The van der Waals surface area contributed by atoms with Crippen LogP contribution in [0.15, 0.2) is 12.3 Å². The van der Waals surface area contributed by atoms with E-state index < -0.39 is 0 Å². The lowest BCUT2D eigenvalue weighted by Crippen LogP contribution is -2.21. The standard InChI is InChI=1S/C19H24N6O2/c1-11-9-20-24-16(11)19(26)23-17-13(3)21-18-15(22-17)8-12(2)25(18)10-14-4-6-27-7-5-14/h8-9,14H,4-7,10H2,1-3H3,(H,20,24)(H,22,23,26). The minimum Gasteiger partial charge on any atom is -0.381 e. The molecule has 1 saturated heterocycles. The average Bonchev–Trinajstić information content (AvgIpc) is 3.20. The number of H-pyrrole nitrogens is 1. The SMILES string of the molecule is Cc1cn[nH]c1C(=O)Nc1nc2cc(C)n(CC3CCOCC3)c2nc1C. The predicted molar refractivity (Wildman–Crippen MR) is 102 cm³/mol. The summed E-state index contributed by atoms with van der Waals surface area (Å²) in [5.41, 5.74) is 4.71. The van der Waals surface area contributed by atoms with E-state index in [1.165, 1.54) is 0 Å². The number of aryl methyl sites for hydroxylation is 3. The van der Waals surface area contributed by atoms with Gasteiger partial charge in [-0.05, 0) is 51.2 Å². The van der Waals surface area contributed by atoms with Crippen molar-refractivity contribution in [2.24, 2.45) is 5.92 Å². The number of anilines is 1. The Morgan fingerprint density at radius 1 is 1.30 bits per heavy atom. The van der Waals surface area contributed by atoms with Crippen molar-refractivity contribution in [1.82, 2.24) is 24.7 Å². The second-order valence-electron chi connectivity index (χ2n) is 7.20. The summed E-state index contributed by atoms with van der Waals surface area (Å²) in [6.07, 6.45) is 3.77. The maximum absolute atomic E-state index is 12.5. The first-order valence-electron chi connectivity index (χ1n) is 9.26. The van der Waals surface area contributed by atoms with Crippen LogP contribution in [0.3, 0.4) is 0 Å². The Balaban J connectivity index is 1.62. The van der Waals surface area contributed by atoms with Gasteiger partial charge in [-0.25, -0.2) is 9.97 Å². The minimum absolute atomic E-state index is 0.264. The van der Waals surface area contributed by atoms with Crippen LogP contribution in [0.25, 0.3) is 11.2 Å². The molecule has 3 aromatic heterocycles. The lowest BCUT2D eigenvalue weighted by atomic mass is 10.0. The molecule has 0 aromatic carbocycles. The van der Waals surface area contributed by atoms with Crippen LogP contribution in [-0.4, -0.2) is 43.9 Å². The van der Waals surface area contributed by atoms with E-state index in [1.807, 2.05) is 19.9 Å². The Labute approximate surface area is 157 Å². The molecular formula is C19H24N6O2. The fourth-order valence-corrected chi connectivity index (χ4v) is 3.54. The molecule has 8 heteroatoms. The molecule has 3 aromatic rings. The zero-order valence-corrected chi connectivity index (χ0v) is 15.9. The van der Waals surface area contributed by atoms with Gasteiger partial charge >= 0.3 is 0 Å². The topological polar surface area (TPSA) is 97.7 Å². The highest BCUT2D eigenvalue weighted by Gasteiger charge is 2.19. The van der Waals surface area contributed by atoms with Gasteiger partial charge in [0.15, 0.2) is 11.5 Å². The van der Waals surface area contributed by atoms with E-state index in [-0.39, 0.29) is 5.91 Å². The molecule has 0 radical (unpaired) electrons. The molecule has 2 N–H and O–H groups in total. The number of nitrogens with zero attached hydrogens (tertiary/aromatic N) is 4. The molecule has 142 valence electrons. The van der Waals surface area contributed by atoms with Crippen molar-refractivity contribution in [3.05, 3.63) is 34.9 Å².